The third-order valence-corrected chi connectivity index (χ3v) is 6.89. The minimum Gasteiger partial charge on any atom is -0.445 e. The molecule has 0 radical (unpaired) electrons. The van der Waals surface area contributed by atoms with Crippen LogP contribution in [0.1, 0.15) is 60.8 Å². The fraction of sp³-hybridized carbons (Fsp3) is 0.826. The van der Waals surface area contributed by atoms with Gasteiger partial charge in [-0.2, -0.15) is 0 Å². The summed E-state index contributed by atoms with van der Waals surface area (Å²) in [6.45, 7) is 21.3. The van der Waals surface area contributed by atoms with Crippen molar-refractivity contribution in [3.05, 3.63) is 12.7 Å². The number of rotatable bonds is 5. The zero-order chi connectivity index (χ0) is 23.6. The van der Waals surface area contributed by atoms with Crippen LogP contribution < -0.4 is 0 Å². The van der Waals surface area contributed by atoms with E-state index in [0.29, 0.717) is 19.5 Å². The number of carbonyl (C=O) groups is 2. The number of ether oxygens (including phenoxy) is 2. The second-order valence-electron chi connectivity index (χ2n) is 11.1. The standard InChI is InChI=1S/C23H42N2O5Si/c1-10-14-28-19(26)24-13-11-12-18(24)23(30-31(8)9)15-17(21(2,3)4)16-25(23)20(27)29-22(5,6)7/h10,17-18,31H,1,11-16H2,2-9H3/t17-,18?,23-/m0/s1. The van der Waals surface area contributed by atoms with E-state index in [1.54, 1.807) is 15.9 Å². The smallest absolute Gasteiger partial charge is 0.412 e. The van der Waals surface area contributed by atoms with Crippen LogP contribution >= 0.6 is 0 Å². The molecule has 2 saturated heterocycles. The first-order chi connectivity index (χ1) is 14.2. The summed E-state index contributed by atoms with van der Waals surface area (Å²) in [4.78, 5) is 29.8. The lowest BCUT2D eigenvalue weighted by atomic mass is 9.78. The molecule has 2 aliphatic heterocycles. The van der Waals surface area contributed by atoms with E-state index in [1.807, 2.05) is 20.8 Å². The number of carbonyl (C=O) groups excluding carboxylic acids is 2. The predicted octanol–water partition coefficient (Wildman–Crippen LogP) is 4.77. The van der Waals surface area contributed by atoms with E-state index in [1.165, 1.54) is 0 Å². The van der Waals surface area contributed by atoms with Crippen LogP contribution in [-0.4, -0.2) is 68.1 Å². The second kappa shape index (κ2) is 9.53. The zero-order valence-corrected chi connectivity index (χ0v) is 21.8. The van der Waals surface area contributed by atoms with Crippen LogP contribution in [0.3, 0.4) is 0 Å². The monoisotopic (exact) mass is 454 g/mol. The Morgan fingerprint density at radius 1 is 1.16 bits per heavy atom. The molecule has 3 atom stereocenters. The van der Waals surface area contributed by atoms with Crippen molar-refractivity contribution in [1.29, 1.82) is 0 Å². The van der Waals surface area contributed by atoms with E-state index in [9.17, 15) is 9.59 Å². The lowest BCUT2D eigenvalue weighted by Gasteiger charge is -2.46. The molecule has 178 valence electrons. The first-order valence-electron chi connectivity index (χ1n) is 11.4. The van der Waals surface area contributed by atoms with Crippen molar-refractivity contribution >= 4 is 21.2 Å². The first-order valence-corrected chi connectivity index (χ1v) is 14.2. The second-order valence-corrected chi connectivity index (χ2v) is 13.4. The summed E-state index contributed by atoms with van der Waals surface area (Å²) in [7, 11) is -1.59. The van der Waals surface area contributed by atoms with Crippen LogP contribution in [0.4, 0.5) is 9.59 Å². The molecule has 2 heterocycles. The van der Waals surface area contributed by atoms with Crippen molar-refractivity contribution < 1.29 is 23.5 Å². The highest BCUT2D eigenvalue weighted by atomic mass is 28.3. The number of nitrogens with zero attached hydrogens (tertiary/aromatic N) is 2. The highest BCUT2D eigenvalue weighted by molar-refractivity contribution is 6.48. The molecule has 0 aromatic heterocycles. The lowest BCUT2D eigenvalue weighted by molar-refractivity contribution is -0.107. The van der Waals surface area contributed by atoms with Gasteiger partial charge in [0.2, 0.25) is 0 Å². The van der Waals surface area contributed by atoms with Crippen molar-refractivity contribution in [2.45, 2.75) is 91.3 Å². The van der Waals surface area contributed by atoms with Gasteiger partial charge in [-0.05, 0) is 58.0 Å². The van der Waals surface area contributed by atoms with Crippen LogP contribution in [0.15, 0.2) is 12.7 Å². The maximum Gasteiger partial charge on any atom is 0.412 e. The van der Waals surface area contributed by atoms with Crippen molar-refractivity contribution in [2.24, 2.45) is 11.3 Å². The summed E-state index contributed by atoms with van der Waals surface area (Å²) < 4.78 is 17.9. The SMILES string of the molecule is C=CCOC(=O)N1CCCC1[C@@]1(O[SiH](C)C)C[C@H](C(C)(C)C)CN1C(=O)OC(C)(C)C. The van der Waals surface area contributed by atoms with Gasteiger partial charge in [0.15, 0.2) is 14.8 Å². The van der Waals surface area contributed by atoms with Gasteiger partial charge in [0.1, 0.15) is 12.2 Å². The molecule has 2 aliphatic rings. The van der Waals surface area contributed by atoms with E-state index >= 15 is 0 Å². The molecule has 2 fully saturated rings. The van der Waals surface area contributed by atoms with Gasteiger partial charge in [-0.3, -0.25) is 4.90 Å². The van der Waals surface area contributed by atoms with E-state index < -0.39 is 20.4 Å². The maximum atomic E-state index is 13.4. The Kier molecular flexibility index (Phi) is 7.90. The van der Waals surface area contributed by atoms with Crippen molar-refractivity contribution in [3.63, 3.8) is 0 Å². The van der Waals surface area contributed by atoms with Gasteiger partial charge in [0, 0.05) is 19.5 Å². The minimum absolute atomic E-state index is 0.0172. The molecule has 8 heteroatoms. The Hall–Kier alpha value is -1.54. The normalized spacial score (nSPS) is 27.0. The zero-order valence-electron chi connectivity index (χ0n) is 20.7. The van der Waals surface area contributed by atoms with Crippen molar-refractivity contribution in [1.82, 2.24) is 9.80 Å². The van der Waals surface area contributed by atoms with Gasteiger partial charge < -0.3 is 18.8 Å². The van der Waals surface area contributed by atoms with Crippen LogP contribution in [0, 0.1) is 11.3 Å². The quantitative estimate of drug-likeness (QED) is 0.442. The Morgan fingerprint density at radius 2 is 1.81 bits per heavy atom. The minimum atomic E-state index is -1.59. The molecule has 0 aliphatic carbocycles. The van der Waals surface area contributed by atoms with E-state index in [0.717, 1.165) is 12.8 Å². The summed E-state index contributed by atoms with van der Waals surface area (Å²) in [5.41, 5.74) is -1.53. The Bertz CT molecular complexity index is 670. The first kappa shape index (κ1) is 25.7. The highest BCUT2D eigenvalue weighted by Crippen LogP contribution is 2.48. The van der Waals surface area contributed by atoms with E-state index in [-0.39, 0.29) is 36.2 Å². The summed E-state index contributed by atoms with van der Waals surface area (Å²) >= 11 is 0. The van der Waals surface area contributed by atoms with Gasteiger partial charge in [0.25, 0.3) is 0 Å². The molecule has 0 N–H and O–H groups in total. The Morgan fingerprint density at radius 3 is 2.32 bits per heavy atom. The lowest BCUT2D eigenvalue weighted by Crippen LogP contribution is -2.63. The molecule has 0 spiro atoms. The number of likely N-dealkylation sites (tertiary alicyclic amines) is 2. The number of hydrogen-bond acceptors (Lipinski definition) is 5. The molecule has 0 bridgehead atoms. The fourth-order valence-corrected chi connectivity index (χ4v) is 5.81. The topological polar surface area (TPSA) is 68.3 Å². The molecule has 7 nitrogen and oxygen atoms in total. The van der Waals surface area contributed by atoms with Crippen molar-refractivity contribution in [2.75, 3.05) is 19.7 Å². The van der Waals surface area contributed by atoms with Gasteiger partial charge in [0.05, 0.1) is 6.04 Å². The third-order valence-electron chi connectivity index (χ3n) is 6.01. The Labute approximate surface area is 189 Å². The van der Waals surface area contributed by atoms with Crippen LogP contribution in [-0.2, 0) is 13.9 Å². The average molecular weight is 455 g/mol. The average Bonchev–Trinajstić information content (AvgIpc) is 3.22. The summed E-state index contributed by atoms with van der Waals surface area (Å²) in [5.74, 6) is 0.222. The summed E-state index contributed by atoms with van der Waals surface area (Å²) in [6.07, 6.45) is 3.10. The molecule has 2 rings (SSSR count). The van der Waals surface area contributed by atoms with Crippen LogP contribution in [0.25, 0.3) is 0 Å². The molecule has 1 unspecified atom stereocenters. The molecule has 0 saturated carbocycles. The third kappa shape index (κ3) is 6.03. The summed E-state index contributed by atoms with van der Waals surface area (Å²) in [6, 6.07) is -0.264. The molecular formula is C23H42N2O5Si. The molecule has 2 amide bonds. The van der Waals surface area contributed by atoms with Gasteiger partial charge in [-0.1, -0.05) is 33.4 Å². The fourth-order valence-electron chi connectivity index (χ4n) is 4.61. The number of amides is 2. The predicted molar refractivity (Wildman–Crippen MR) is 124 cm³/mol. The molecular weight excluding hydrogens is 412 g/mol. The van der Waals surface area contributed by atoms with Crippen molar-refractivity contribution in [3.8, 4) is 0 Å². The molecule has 0 aromatic rings. The highest BCUT2D eigenvalue weighted by Gasteiger charge is 2.60. The largest absolute Gasteiger partial charge is 0.445 e. The van der Waals surface area contributed by atoms with Crippen LogP contribution in [0.5, 0.6) is 0 Å². The maximum absolute atomic E-state index is 13.4. The van der Waals surface area contributed by atoms with E-state index in [4.69, 9.17) is 13.9 Å². The molecule has 31 heavy (non-hydrogen) atoms. The molecule has 0 aromatic carbocycles. The van der Waals surface area contributed by atoms with Crippen LogP contribution in [0.2, 0.25) is 13.1 Å². The number of hydrogen-bond donors (Lipinski definition) is 0. The Balaban J connectivity index is 2.50. The van der Waals surface area contributed by atoms with Gasteiger partial charge in [-0.15, -0.1) is 0 Å². The van der Waals surface area contributed by atoms with E-state index in [2.05, 4.69) is 40.4 Å². The summed E-state index contributed by atoms with van der Waals surface area (Å²) in [5, 5.41) is 0. The van der Waals surface area contributed by atoms with Gasteiger partial charge in [-0.25, -0.2) is 9.59 Å². The van der Waals surface area contributed by atoms with Gasteiger partial charge >= 0.3 is 12.2 Å².